The first kappa shape index (κ1) is 11.8. The minimum Gasteiger partial charge on any atom is -0.350 e. The Balaban J connectivity index is 2.76. The molecule has 2 nitrogen and oxygen atoms in total. The van der Waals surface area contributed by atoms with Gasteiger partial charge in [0.05, 0.1) is 6.04 Å². The summed E-state index contributed by atoms with van der Waals surface area (Å²) in [5.74, 6) is -0.0578. The average molecular weight is 224 g/mol. The van der Waals surface area contributed by atoms with Crippen LogP contribution in [0.25, 0.3) is 5.57 Å². The molecule has 1 amide bonds. The number of nitrogens with one attached hydrogen (secondary N) is 1. The molecule has 1 aromatic carbocycles. The maximum atomic E-state index is 10.9. The van der Waals surface area contributed by atoms with Crippen molar-refractivity contribution in [1.29, 1.82) is 0 Å². The van der Waals surface area contributed by atoms with Crippen molar-refractivity contribution in [3.63, 3.8) is 0 Å². The van der Waals surface area contributed by atoms with Gasteiger partial charge in [-0.15, -0.1) is 0 Å². The Bertz CT molecular complexity index is 370. The molecule has 0 saturated heterocycles. The molecule has 0 bridgehead atoms. The predicted molar refractivity (Wildman–Crippen MR) is 63.8 cm³/mol. The second kappa shape index (κ2) is 4.99. The first-order valence-electron chi connectivity index (χ1n) is 4.72. The predicted octanol–water partition coefficient (Wildman–Crippen LogP) is 2.88. The second-order valence-electron chi connectivity index (χ2n) is 3.45. The van der Waals surface area contributed by atoms with Crippen molar-refractivity contribution in [2.24, 2.45) is 0 Å². The number of benzene rings is 1. The zero-order valence-corrected chi connectivity index (χ0v) is 9.64. The van der Waals surface area contributed by atoms with E-state index >= 15 is 0 Å². The smallest absolute Gasteiger partial charge is 0.217 e. The lowest BCUT2D eigenvalue weighted by Crippen LogP contribution is -2.31. The molecule has 0 saturated carbocycles. The fourth-order valence-electron chi connectivity index (χ4n) is 1.31. The topological polar surface area (TPSA) is 29.1 Å². The van der Waals surface area contributed by atoms with Gasteiger partial charge in [-0.3, -0.25) is 4.79 Å². The lowest BCUT2D eigenvalue weighted by atomic mass is 10.0. The summed E-state index contributed by atoms with van der Waals surface area (Å²) < 4.78 is 0. The molecule has 0 aliphatic rings. The van der Waals surface area contributed by atoms with Crippen molar-refractivity contribution in [1.82, 2.24) is 5.32 Å². The van der Waals surface area contributed by atoms with E-state index in [0.29, 0.717) is 5.02 Å². The van der Waals surface area contributed by atoms with Crippen LogP contribution in [0.3, 0.4) is 0 Å². The molecule has 0 aliphatic carbocycles. The SMILES string of the molecule is C=C(c1ccc(Cl)cc1)[C@@H](C)NC(C)=O. The molecule has 0 spiro atoms. The van der Waals surface area contributed by atoms with Crippen LogP contribution in [0.2, 0.25) is 5.02 Å². The van der Waals surface area contributed by atoms with Gasteiger partial charge in [-0.05, 0) is 30.2 Å². The number of hydrogen-bond donors (Lipinski definition) is 1. The number of carbonyl (C=O) groups excluding carboxylic acids is 1. The minimum absolute atomic E-state index is 0.0578. The number of hydrogen-bond acceptors (Lipinski definition) is 1. The monoisotopic (exact) mass is 223 g/mol. The van der Waals surface area contributed by atoms with Crippen molar-refractivity contribution in [2.45, 2.75) is 19.9 Å². The van der Waals surface area contributed by atoms with E-state index in [-0.39, 0.29) is 11.9 Å². The Morgan fingerprint density at radius 3 is 2.40 bits per heavy atom. The van der Waals surface area contributed by atoms with E-state index in [4.69, 9.17) is 11.6 Å². The highest BCUT2D eigenvalue weighted by Crippen LogP contribution is 2.18. The zero-order valence-electron chi connectivity index (χ0n) is 8.88. The van der Waals surface area contributed by atoms with E-state index < -0.39 is 0 Å². The van der Waals surface area contributed by atoms with Gasteiger partial charge in [0.2, 0.25) is 5.91 Å². The van der Waals surface area contributed by atoms with Gasteiger partial charge in [-0.2, -0.15) is 0 Å². The van der Waals surface area contributed by atoms with Crippen molar-refractivity contribution in [3.05, 3.63) is 41.4 Å². The van der Waals surface area contributed by atoms with Gasteiger partial charge < -0.3 is 5.32 Å². The fourth-order valence-corrected chi connectivity index (χ4v) is 1.43. The Morgan fingerprint density at radius 2 is 1.93 bits per heavy atom. The third-order valence-electron chi connectivity index (χ3n) is 2.16. The van der Waals surface area contributed by atoms with E-state index in [1.807, 2.05) is 31.2 Å². The van der Waals surface area contributed by atoms with E-state index in [9.17, 15) is 4.79 Å². The zero-order chi connectivity index (χ0) is 11.4. The minimum atomic E-state index is -0.0660. The third-order valence-corrected chi connectivity index (χ3v) is 2.41. The Hall–Kier alpha value is -1.28. The third kappa shape index (κ3) is 3.40. The lowest BCUT2D eigenvalue weighted by molar-refractivity contribution is -0.119. The van der Waals surface area contributed by atoms with E-state index in [1.165, 1.54) is 6.92 Å². The van der Waals surface area contributed by atoms with Crippen LogP contribution in [-0.2, 0) is 4.79 Å². The number of amides is 1. The molecule has 1 atom stereocenters. The van der Waals surface area contributed by atoms with Crippen LogP contribution in [0.15, 0.2) is 30.8 Å². The molecule has 1 N–H and O–H groups in total. The summed E-state index contributed by atoms with van der Waals surface area (Å²) in [5, 5.41) is 3.48. The Kier molecular flexibility index (Phi) is 3.92. The normalized spacial score (nSPS) is 11.9. The molecule has 0 aliphatic heterocycles. The maximum absolute atomic E-state index is 10.9. The summed E-state index contributed by atoms with van der Waals surface area (Å²) in [4.78, 5) is 10.9. The summed E-state index contributed by atoms with van der Waals surface area (Å²) in [6.07, 6.45) is 0. The first-order chi connectivity index (χ1) is 7.00. The van der Waals surface area contributed by atoms with Gasteiger partial charge in [0, 0.05) is 11.9 Å². The largest absolute Gasteiger partial charge is 0.350 e. The molecule has 15 heavy (non-hydrogen) atoms. The van der Waals surface area contributed by atoms with Crippen molar-refractivity contribution in [2.75, 3.05) is 0 Å². The van der Waals surface area contributed by atoms with Crippen LogP contribution in [0.1, 0.15) is 19.4 Å². The summed E-state index contributed by atoms with van der Waals surface area (Å²) >= 11 is 5.78. The molecule has 80 valence electrons. The highest BCUT2D eigenvalue weighted by Gasteiger charge is 2.09. The molecule has 3 heteroatoms. The highest BCUT2D eigenvalue weighted by molar-refractivity contribution is 6.30. The summed E-state index contributed by atoms with van der Waals surface area (Å²) in [5.41, 5.74) is 1.86. The number of halogens is 1. The molecule has 0 fully saturated rings. The van der Waals surface area contributed by atoms with E-state index in [1.54, 1.807) is 0 Å². The molecule has 1 rings (SSSR count). The second-order valence-corrected chi connectivity index (χ2v) is 3.89. The van der Waals surface area contributed by atoms with Crippen LogP contribution in [-0.4, -0.2) is 11.9 Å². The fraction of sp³-hybridized carbons (Fsp3) is 0.250. The molecular formula is C12H14ClNO. The van der Waals surface area contributed by atoms with Crippen molar-refractivity contribution < 1.29 is 4.79 Å². The Labute approximate surface area is 94.9 Å². The van der Waals surface area contributed by atoms with Crippen molar-refractivity contribution >= 4 is 23.1 Å². The first-order valence-corrected chi connectivity index (χ1v) is 5.10. The van der Waals surface area contributed by atoms with Gasteiger partial charge >= 0.3 is 0 Å². The van der Waals surface area contributed by atoms with Gasteiger partial charge in [-0.1, -0.05) is 30.3 Å². The number of rotatable bonds is 3. The van der Waals surface area contributed by atoms with Crippen LogP contribution >= 0.6 is 11.6 Å². The van der Waals surface area contributed by atoms with Crippen LogP contribution in [0.5, 0.6) is 0 Å². The van der Waals surface area contributed by atoms with Gasteiger partial charge in [0.1, 0.15) is 0 Å². The average Bonchev–Trinajstić information content (AvgIpc) is 2.17. The standard InChI is InChI=1S/C12H14ClNO/c1-8(9(2)14-10(3)15)11-4-6-12(13)7-5-11/h4-7,9H,1H2,2-3H3,(H,14,15)/t9-/m1/s1. The maximum Gasteiger partial charge on any atom is 0.217 e. The van der Waals surface area contributed by atoms with Gasteiger partial charge in [-0.25, -0.2) is 0 Å². The molecule has 0 radical (unpaired) electrons. The summed E-state index contributed by atoms with van der Waals surface area (Å²) in [7, 11) is 0. The molecule has 1 aromatic rings. The highest BCUT2D eigenvalue weighted by atomic mass is 35.5. The lowest BCUT2D eigenvalue weighted by Gasteiger charge is -2.15. The van der Waals surface area contributed by atoms with Crippen LogP contribution < -0.4 is 5.32 Å². The van der Waals surface area contributed by atoms with E-state index in [2.05, 4.69) is 11.9 Å². The molecule has 0 heterocycles. The summed E-state index contributed by atoms with van der Waals surface area (Å²) in [6.45, 7) is 7.34. The number of carbonyl (C=O) groups is 1. The summed E-state index contributed by atoms with van der Waals surface area (Å²) in [6, 6.07) is 7.33. The van der Waals surface area contributed by atoms with Crippen molar-refractivity contribution in [3.8, 4) is 0 Å². The Morgan fingerprint density at radius 1 is 1.40 bits per heavy atom. The molecule has 0 unspecified atom stereocenters. The van der Waals surface area contributed by atoms with E-state index in [0.717, 1.165) is 11.1 Å². The van der Waals surface area contributed by atoms with Crippen LogP contribution in [0, 0.1) is 0 Å². The van der Waals surface area contributed by atoms with Gasteiger partial charge in [0.25, 0.3) is 0 Å². The van der Waals surface area contributed by atoms with Gasteiger partial charge in [0.15, 0.2) is 0 Å². The quantitative estimate of drug-likeness (QED) is 0.839. The molecular weight excluding hydrogens is 210 g/mol. The van der Waals surface area contributed by atoms with Crippen LogP contribution in [0.4, 0.5) is 0 Å². The molecule has 0 aromatic heterocycles.